The topological polar surface area (TPSA) is 47.6 Å². The number of halogens is 1. The molecule has 0 aromatic heterocycles. The largest absolute Gasteiger partial charge is 0.493 e. The van der Waals surface area contributed by atoms with Crippen molar-refractivity contribution in [3.63, 3.8) is 0 Å². The van der Waals surface area contributed by atoms with Crippen molar-refractivity contribution in [1.82, 2.24) is 5.32 Å². The molecule has 2 rings (SSSR count). The van der Waals surface area contributed by atoms with Gasteiger partial charge in [0.2, 0.25) is 5.91 Å². The molecule has 0 aliphatic rings. The minimum Gasteiger partial charge on any atom is -0.493 e. The molecule has 0 aliphatic carbocycles. The number of rotatable bonds is 10. The van der Waals surface area contributed by atoms with Crippen LogP contribution in [0.3, 0.4) is 0 Å². The first-order valence-electron chi connectivity index (χ1n) is 9.14. The molecule has 0 radical (unpaired) electrons. The van der Waals surface area contributed by atoms with Gasteiger partial charge in [0.1, 0.15) is 6.61 Å². The molecular weight excluding hydrogens is 406 g/mol. The third-order valence-electron chi connectivity index (χ3n) is 3.98. The first kappa shape index (κ1) is 21.0. The molecule has 0 bridgehead atoms. The summed E-state index contributed by atoms with van der Waals surface area (Å²) in [6.45, 7) is 3.29. The summed E-state index contributed by atoms with van der Waals surface area (Å²) in [5.74, 6) is 1.16. The fourth-order valence-electron chi connectivity index (χ4n) is 2.52. The molecule has 0 atom stereocenters. The maximum atomic E-state index is 11.9. The summed E-state index contributed by atoms with van der Waals surface area (Å²) in [5, 5.41) is 2.89. The van der Waals surface area contributed by atoms with Gasteiger partial charge in [-0.25, -0.2) is 0 Å². The fraction of sp³-hybridized carbons (Fsp3) is 0.318. The molecule has 1 amide bonds. The summed E-state index contributed by atoms with van der Waals surface area (Å²) in [6, 6.07) is 13.7. The SMILES string of the molecule is CCCCCNC(=O)/C=C/c1cc(Br)c(OCc2ccccc2)c(OC)c1. The molecule has 1 N–H and O–H groups in total. The summed E-state index contributed by atoms with van der Waals surface area (Å²) in [4.78, 5) is 11.9. The first-order valence-corrected chi connectivity index (χ1v) is 9.93. The van der Waals surface area contributed by atoms with Gasteiger partial charge in [-0.3, -0.25) is 4.79 Å². The molecule has 0 heterocycles. The molecule has 0 spiro atoms. The summed E-state index contributed by atoms with van der Waals surface area (Å²) in [6.07, 6.45) is 6.57. The van der Waals surface area contributed by atoms with Gasteiger partial charge in [-0.1, -0.05) is 50.1 Å². The fourth-order valence-corrected chi connectivity index (χ4v) is 3.10. The zero-order valence-corrected chi connectivity index (χ0v) is 17.4. The van der Waals surface area contributed by atoms with Crippen molar-refractivity contribution in [3.8, 4) is 11.5 Å². The summed E-state index contributed by atoms with van der Waals surface area (Å²) >= 11 is 3.54. The maximum absolute atomic E-state index is 11.9. The Hall–Kier alpha value is -2.27. The van der Waals surface area contributed by atoms with Gasteiger partial charge in [0.25, 0.3) is 0 Å². The van der Waals surface area contributed by atoms with Gasteiger partial charge in [-0.05, 0) is 51.7 Å². The monoisotopic (exact) mass is 431 g/mol. The number of carbonyl (C=O) groups is 1. The molecule has 4 nitrogen and oxygen atoms in total. The second kappa shape index (κ2) is 11.4. The highest BCUT2D eigenvalue weighted by molar-refractivity contribution is 9.10. The van der Waals surface area contributed by atoms with E-state index in [1.165, 1.54) is 6.08 Å². The van der Waals surface area contributed by atoms with Crippen LogP contribution in [0.4, 0.5) is 0 Å². The predicted octanol–water partition coefficient (Wildman–Crippen LogP) is 5.36. The molecule has 27 heavy (non-hydrogen) atoms. The van der Waals surface area contributed by atoms with E-state index in [9.17, 15) is 4.79 Å². The Kier molecular flexibility index (Phi) is 8.92. The van der Waals surface area contributed by atoms with E-state index in [0.29, 0.717) is 24.7 Å². The summed E-state index contributed by atoms with van der Waals surface area (Å²) < 4.78 is 12.2. The van der Waals surface area contributed by atoms with Gasteiger partial charge in [0, 0.05) is 12.6 Å². The van der Waals surface area contributed by atoms with Crippen LogP contribution < -0.4 is 14.8 Å². The Morgan fingerprint density at radius 2 is 1.96 bits per heavy atom. The van der Waals surface area contributed by atoms with Gasteiger partial charge >= 0.3 is 0 Å². The molecule has 0 unspecified atom stereocenters. The van der Waals surface area contributed by atoms with Gasteiger partial charge in [-0.2, -0.15) is 0 Å². The van der Waals surface area contributed by atoms with Crippen LogP contribution in [0.5, 0.6) is 11.5 Å². The molecule has 5 heteroatoms. The second-order valence-electron chi connectivity index (χ2n) is 6.14. The van der Waals surface area contributed by atoms with Crippen molar-refractivity contribution >= 4 is 27.9 Å². The lowest BCUT2D eigenvalue weighted by Crippen LogP contribution is -2.21. The van der Waals surface area contributed by atoms with Crippen LogP contribution in [0.1, 0.15) is 37.3 Å². The third kappa shape index (κ3) is 7.10. The molecule has 0 fully saturated rings. The number of nitrogens with one attached hydrogen (secondary N) is 1. The lowest BCUT2D eigenvalue weighted by Gasteiger charge is -2.13. The van der Waals surface area contributed by atoms with E-state index in [4.69, 9.17) is 9.47 Å². The van der Waals surface area contributed by atoms with Crippen molar-refractivity contribution in [2.45, 2.75) is 32.8 Å². The van der Waals surface area contributed by atoms with E-state index in [-0.39, 0.29) is 5.91 Å². The normalized spacial score (nSPS) is 10.8. The molecular formula is C22H26BrNO3. The van der Waals surface area contributed by atoms with Gasteiger partial charge in [-0.15, -0.1) is 0 Å². The van der Waals surface area contributed by atoms with Crippen molar-refractivity contribution in [3.05, 3.63) is 64.1 Å². The van der Waals surface area contributed by atoms with Crippen molar-refractivity contribution in [2.75, 3.05) is 13.7 Å². The molecule has 2 aromatic rings. The third-order valence-corrected chi connectivity index (χ3v) is 4.57. The summed E-state index contributed by atoms with van der Waals surface area (Å²) in [7, 11) is 1.60. The standard InChI is InChI=1S/C22H26BrNO3/c1-3-4-8-13-24-21(25)12-11-18-14-19(23)22(20(15-18)26-2)27-16-17-9-6-5-7-10-17/h5-7,9-12,14-15H,3-4,8,13,16H2,1-2H3,(H,24,25)/b12-11+. The highest BCUT2D eigenvalue weighted by Gasteiger charge is 2.11. The van der Waals surface area contributed by atoms with Crippen LogP contribution in [0, 0.1) is 0 Å². The minimum atomic E-state index is -0.0920. The van der Waals surface area contributed by atoms with Crippen LogP contribution in [0.2, 0.25) is 0 Å². The quantitative estimate of drug-likeness (QED) is 0.406. The van der Waals surface area contributed by atoms with Gasteiger partial charge < -0.3 is 14.8 Å². The second-order valence-corrected chi connectivity index (χ2v) is 6.99. The molecule has 0 aliphatic heterocycles. The Labute approximate surface area is 169 Å². The van der Waals surface area contributed by atoms with Crippen molar-refractivity contribution in [2.24, 2.45) is 0 Å². The highest BCUT2D eigenvalue weighted by Crippen LogP contribution is 2.37. The minimum absolute atomic E-state index is 0.0920. The zero-order valence-electron chi connectivity index (χ0n) is 15.8. The van der Waals surface area contributed by atoms with E-state index in [1.807, 2.05) is 42.5 Å². The number of ether oxygens (including phenoxy) is 2. The smallest absolute Gasteiger partial charge is 0.243 e. The molecule has 144 valence electrons. The van der Waals surface area contributed by atoms with E-state index in [1.54, 1.807) is 13.2 Å². The van der Waals surface area contributed by atoms with Crippen LogP contribution in [-0.4, -0.2) is 19.6 Å². The number of hydrogen-bond donors (Lipinski definition) is 1. The lowest BCUT2D eigenvalue weighted by atomic mass is 10.2. The molecule has 0 saturated heterocycles. The van der Waals surface area contributed by atoms with Crippen LogP contribution in [0.25, 0.3) is 6.08 Å². The first-order chi connectivity index (χ1) is 13.1. The van der Waals surface area contributed by atoms with Gasteiger partial charge in [0.05, 0.1) is 11.6 Å². The Morgan fingerprint density at radius 1 is 1.19 bits per heavy atom. The number of amides is 1. The number of carbonyl (C=O) groups excluding carboxylic acids is 1. The Balaban J connectivity index is 2.01. The average Bonchev–Trinajstić information content (AvgIpc) is 2.69. The van der Waals surface area contributed by atoms with Crippen LogP contribution in [-0.2, 0) is 11.4 Å². The van der Waals surface area contributed by atoms with E-state index in [0.717, 1.165) is 34.9 Å². The average molecular weight is 432 g/mol. The van der Waals surface area contributed by atoms with Crippen LogP contribution >= 0.6 is 15.9 Å². The maximum Gasteiger partial charge on any atom is 0.243 e. The van der Waals surface area contributed by atoms with Crippen molar-refractivity contribution in [1.29, 1.82) is 0 Å². The number of methoxy groups -OCH3 is 1. The molecule has 2 aromatic carbocycles. The Morgan fingerprint density at radius 3 is 2.67 bits per heavy atom. The van der Waals surface area contributed by atoms with E-state index in [2.05, 4.69) is 28.2 Å². The predicted molar refractivity (Wildman–Crippen MR) is 113 cm³/mol. The van der Waals surface area contributed by atoms with E-state index < -0.39 is 0 Å². The lowest BCUT2D eigenvalue weighted by molar-refractivity contribution is -0.116. The number of benzene rings is 2. The van der Waals surface area contributed by atoms with Crippen LogP contribution in [0.15, 0.2) is 53.0 Å². The number of unbranched alkanes of at least 4 members (excludes halogenated alkanes) is 2. The number of hydrogen-bond acceptors (Lipinski definition) is 3. The van der Waals surface area contributed by atoms with E-state index >= 15 is 0 Å². The van der Waals surface area contributed by atoms with Gasteiger partial charge in [0.15, 0.2) is 11.5 Å². The molecule has 0 saturated carbocycles. The van der Waals surface area contributed by atoms with Crippen molar-refractivity contribution < 1.29 is 14.3 Å². The Bertz CT molecular complexity index is 760. The summed E-state index contributed by atoms with van der Waals surface area (Å²) in [5.41, 5.74) is 1.93. The zero-order chi connectivity index (χ0) is 19.5. The highest BCUT2D eigenvalue weighted by atomic mass is 79.9.